The van der Waals surface area contributed by atoms with Gasteiger partial charge in [-0.15, -0.1) is 0 Å². The van der Waals surface area contributed by atoms with Gasteiger partial charge in [0.25, 0.3) is 0 Å². The average Bonchev–Trinajstić information content (AvgIpc) is 3.50. The van der Waals surface area contributed by atoms with Crippen LogP contribution >= 0.6 is 0 Å². The Morgan fingerprint density at radius 3 is 2.70 bits per heavy atom. The quantitative estimate of drug-likeness (QED) is 0.633. The van der Waals surface area contributed by atoms with Gasteiger partial charge in [0.05, 0.1) is 18.5 Å². The number of rotatable bonds is 9. The van der Waals surface area contributed by atoms with E-state index in [2.05, 4.69) is 9.97 Å². The Morgan fingerprint density at radius 2 is 2.07 bits per heavy atom. The molecule has 0 saturated heterocycles. The SMILES string of the molecule is Cc1cc(C(C)N(C)Cc2c(C=O)ccnc2C=O)ncc1OCC1CC1. The van der Waals surface area contributed by atoms with Gasteiger partial charge in [-0.2, -0.15) is 0 Å². The monoisotopic (exact) mass is 367 g/mol. The highest BCUT2D eigenvalue weighted by Gasteiger charge is 2.23. The van der Waals surface area contributed by atoms with Crippen LogP contribution in [0.1, 0.15) is 63.5 Å². The Labute approximate surface area is 159 Å². The molecule has 2 aromatic rings. The Hall–Kier alpha value is -2.60. The summed E-state index contributed by atoms with van der Waals surface area (Å²) in [5.41, 5.74) is 3.39. The summed E-state index contributed by atoms with van der Waals surface area (Å²) in [6, 6.07) is 3.66. The standard InChI is InChI=1S/C21H25N3O3/c1-14-8-19(23-9-21(14)27-13-16-4-5-16)15(2)24(3)10-18-17(11-25)6-7-22-20(18)12-26/h6-9,11-12,15-16H,4-5,10,13H2,1-3H3. The van der Waals surface area contributed by atoms with Crippen LogP contribution in [0.15, 0.2) is 24.5 Å². The predicted octanol–water partition coefficient (Wildman–Crippen LogP) is 3.39. The molecular formula is C21H25N3O3. The molecule has 1 unspecified atom stereocenters. The van der Waals surface area contributed by atoms with Crippen molar-refractivity contribution < 1.29 is 14.3 Å². The highest BCUT2D eigenvalue weighted by molar-refractivity contribution is 5.83. The van der Waals surface area contributed by atoms with Crippen molar-refractivity contribution in [3.8, 4) is 5.75 Å². The van der Waals surface area contributed by atoms with Crippen LogP contribution in [0, 0.1) is 12.8 Å². The van der Waals surface area contributed by atoms with Crippen molar-refractivity contribution >= 4 is 12.6 Å². The lowest BCUT2D eigenvalue weighted by Crippen LogP contribution is -2.24. The lowest BCUT2D eigenvalue weighted by Gasteiger charge is -2.25. The number of hydrogen-bond acceptors (Lipinski definition) is 6. The third-order valence-electron chi connectivity index (χ3n) is 5.12. The molecule has 1 fully saturated rings. The van der Waals surface area contributed by atoms with Crippen LogP contribution in [0.4, 0.5) is 0 Å². The number of hydrogen-bond donors (Lipinski definition) is 0. The summed E-state index contributed by atoms with van der Waals surface area (Å²) in [6.45, 7) is 5.26. The van der Waals surface area contributed by atoms with Gasteiger partial charge in [-0.05, 0) is 57.4 Å². The molecule has 1 aliphatic rings. The lowest BCUT2D eigenvalue weighted by molar-refractivity contribution is 0.111. The minimum absolute atomic E-state index is 0.000363. The first-order valence-corrected chi connectivity index (χ1v) is 9.21. The molecule has 3 rings (SSSR count). The summed E-state index contributed by atoms with van der Waals surface area (Å²) in [4.78, 5) is 33.3. The first-order chi connectivity index (χ1) is 13.0. The summed E-state index contributed by atoms with van der Waals surface area (Å²) >= 11 is 0. The molecule has 0 aliphatic heterocycles. The number of nitrogens with zero attached hydrogens (tertiary/aromatic N) is 3. The van der Waals surface area contributed by atoms with Gasteiger partial charge >= 0.3 is 0 Å². The van der Waals surface area contributed by atoms with Gasteiger partial charge in [0.1, 0.15) is 11.4 Å². The zero-order chi connectivity index (χ0) is 19.4. The van der Waals surface area contributed by atoms with E-state index in [1.807, 2.05) is 31.9 Å². The van der Waals surface area contributed by atoms with E-state index in [4.69, 9.17) is 4.74 Å². The minimum Gasteiger partial charge on any atom is -0.491 e. The third kappa shape index (κ3) is 4.57. The largest absolute Gasteiger partial charge is 0.491 e. The summed E-state index contributed by atoms with van der Waals surface area (Å²) in [7, 11) is 1.94. The van der Waals surface area contributed by atoms with E-state index in [-0.39, 0.29) is 6.04 Å². The van der Waals surface area contributed by atoms with E-state index in [1.54, 1.807) is 12.3 Å². The summed E-state index contributed by atoms with van der Waals surface area (Å²) in [5.74, 6) is 1.53. The maximum absolute atomic E-state index is 11.3. The second-order valence-corrected chi connectivity index (χ2v) is 7.22. The molecule has 6 heteroatoms. The zero-order valence-electron chi connectivity index (χ0n) is 16.0. The Morgan fingerprint density at radius 1 is 1.30 bits per heavy atom. The maximum atomic E-state index is 11.3. The molecule has 0 spiro atoms. The number of carbonyl (C=O) groups excluding carboxylic acids is 2. The van der Waals surface area contributed by atoms with Crippen LogP contribution in [0.3, 0.4) is 0 Å². The molecule has 1 atom stereocenters. The molecule has 27 heavy (non-hydrogen) atoms. The van der Waals surface area contributed by atoms with E-state index in [1.165, 1.54) is 19.0 Å². The van der Waals surface area contributed by atoms with Crippen LogP contribution < -0.4 is 4.74 Å². The van der Waals surface area contributed by atoms with E-state index >= 15 is 0 Å². The predicted molar refractivity (Wildman–Crippen MR) is 102 cm³/mol. The molecule has 142 valence electrons. The third-order valence-corrected chi connectivity index (χ3v) is 5.12. The van der Waals surface area contributed by atoms with E-state index < -0.39 is 0 Å². The van der Waals surface area contributed by atoms with Crippen LogP contribution in [0.2, 0.25) is 0 Å². The van der Waals surface area contributed by atoms with Gasteiger partial charge < -0.3 is 4.74 Å². The summed E-state index contributed by atoms with van der Waals surface area (Å²) in [6.07, 6.45) is 7.23. The van der Waals surface area contributed by atoms with Gasteiger partial charge in [0.2, 0.25) is 0 Å². The fraction of sp³-hybridized carbons (Fsp3) is 0.429. The smallest absolute Gasteiger partial charge is 0.168 e. The van der Waals surface area contributed by atoms with Crippen molar-refractivity contribution in [2.75, 3.05) is 13.7 Å². The molecule has 0 bridgehead atoms. The van der Waals surface area contributed by atoms with Crippen LogP contribution in [-0.4, -0.2) is 41.1 Å². The van der Waals surface area contributed by atoms with Crippen molar-refractivity contribution in [1.29, 1.82) is 0 Å². The van der Waals surface area contributed by atoms with Crippen LogP contribution in [0.25, 0.3) is 0 Å². The number of aromatic nitrogens is 2. The summed E-state index contributed by atoms with van der Waals surface area (Å²) in [5, 5.41) is 0. The Bertz CT molecular complexity index is 807. The molecule has 6 nitrogen and oxygen atoms in total. The molecule has 2 aromatic heterocycles. The van der Waals surface area contributed by atoms with E-state index in [0.29, 0.717) is 35.6 Å². The molecule has 0 N–H and O–H groups in total. The Balaban J connectivity index is 1.73. The van der Waals surface area contributed by atoms with Gasteiger partial charge in [0, 0.05) is 29.9 Å². The second-order valence-electron chi connectivity index (χ2n) is 7.22. The van der Waals surface area contributed by atoms with Crippen molar-refractivity contribution in [1.82, 2.24) is 14.9 Å². The highest BCUT2D eigenvalue weighted by Crippen LogP contribution is 2.31. The number of aryl methyl sites for hydroxylation is 1. The number of carbonyl (C=O) groups is 2. The molecule has 0 aromatic carbocycles. The van der Waals surface area contributed by atoms with Crippen LogP contribution in [-0.2, 0) is 6.54 Å². The summed E-state index contributed by atoms with van der Waals surface area (Å²) < 4.78 is 5.85. The van der Waals surface area contributed by atoms with E-state index in [9.17, 15) is 9.59 Å². The van der Waals surface area contributed by atoms with Gasteiger partial charge in [0.15, 0.2) is 12.6 Å². The van der Waals surface area contributed by atoms with Gasteiger partial charge in [-0.1, -0.05) is 0 Å². The highest BCUT2D eigenvalue weighted by atomic mass is 16.5. The van der Waals surface area contributed by atoms with Gasteiger partial charge in [-0.3, -0.25) is 24.5 Å². The average molecular weight is 367 g/mol. The maximum Gasteiger partial charge on any atom is 0.168 e. The van der Waals surface area contributed by atoms with Crippen LogP contribution in [0.5, 0.6) is 5.75 Å². The van der Waals surface area contributed by atoms with E-state index in [0.717, 1.165) is 29.9 Å². The molecule has 1 aliphatic carbocycles. The molecule has 2 heterocycles. The fourth-order valence-corrected chi connectivity index (χ4v) is 2.96. The van der Waals surface area contributed by atoms with Crippen molar-refractivity contribution in [3.63, 3.8) is 0 Å². The van der Waals surface area contributed by atoms with Crippen molar-refractivity contribution in [2.45, 2.75) is 39.3 Å². The number of ether oxygens (including phenoxy) is 1. The van der Waals surface area contributed by atoms with Gasteiger partial charge in [-0.25, -0.2) is 0 Å². The normalized spacial score (nSPS) is 14.8. The topological polar surface area (TPSA) is 72.4 Å². The van der Waals surface area contributed by atoms with Crippen molar-refractivity contribution in [3.05, 3.63) is 52.6 Å². The number of pyridine rings is 2. The molecular weight excluding hydrogens is 342 g/mol. The first-order valence-electron chi connectivity index (χ1n) is 9.21. The lowest BCUT2D eigenvalue weighted by atomic mass is 10.1. The minimum atomic E-state index is 0.000363. The zero-order valence-corrected chi connectivity index (χ0v) is 16.0. The Kier molecular flexibility index (Phi) is 5.96. The first kappa shape index (κ1) is 19.2. The van der Waals surface area contributed by atoms with Crippen molar-refractivity contribution in [2.24, 2.45) is 5.92 Å². The molecule has 0 radical (unpaired) electrons. The number of aldehydes is 2. The second kappa shape index (κ2) is 8.39. The fourth-order valence-electron chi connectivity index (χ4n) is 2.96. The molecule has 0 amide bonds. The molecule has 1 saturated carbocycles.